The lowest BCUT2D eigenvalue weighted by Gasteiger charge is -2.44. The van der Waals surface area contributed by atoms with Gasteiger partial charge in [-0.1, -0.05) is 32.0 Å². The Morgan fingerprint density at radius 1 is 1.14 bits per heavy atom. The molecule has 1 aromatic rings. The first kappa shape index (κ1) is 14.9. The summed E-state index contributed by atoms with van der Waals surface area (Å²) in [6.07, 6.45) is 5.02. The van der Waals surface area contributed by atoms with Crippen molar-refractivity contribution in [2.24, 2.45) is 23.5 Å². The van der Waals surface area contributed by atoms with E-state index in [0.29, 0.717) is 18.0 Å². The van der Waals surface area contributed by atoms with E-state index in [1.807, 2.05) is 0 Å². The number of nitrogens with two attached hydrogens (primary N) is 1. The van der Waals surface area contributed by atoms with Crippen LogP contribution in [0.3, 0.4) is 0 Å². The van der Waals surface area contributed by atoms with Crippen molar-refractivity contribution in [3.05, 3.63) is 29.8 Å². The van der Waals surface area contributed by atoms with Gasteiger partial charge >= 0.3 is 0 Å². The van der Waals surface area contributed by atoms with Crippen LogP contribution >= 0.6 is 0 Å². The maximum absolute atomic E-state index is 6.52. The average molecular weight is 286 g/mol. The zero-order chi connectivity index (χ0) is 15.0. The van der Waals surface area contributed by atoms with Crippen LogP contribution in [0, 0.1) is 17.8 Å². The molecule has 0 bridgehead atoms. The van der Waals surface area contributed by atoms with Crippen LogP contribution in [0.2, 0.25) is 0 Å². The van der Waals surface area contributed by atoms with Crippen LogP contribution < -0.4 is 10.6 Å². The summed E-state index contributed by atoms with van der Waals surface area (Å²) < 4.78 is 0. The van der Waals surface area contributed by atoms with Crippen LogP contribution in [-0.4, -0.2) is 18.6 Å². The first-order chi connectivity index (χ1) is 10.1. The highest BCUT2D eigenvalue weighted by atomic mass is 15.2. The summed E-state index contributed by atoms with van der Waals surface area (Å²) in [4.78, 5) is 2.63. The third-order valence-corrected chi connectivity index (χ3v) is 5.80. The van der Waals surface area contributed by atoms with E-state index >= 15 is 0 Å². The second-order valence-electron chi connectivity index (χ2n) is 7.55. The van der Waals surface area contributed by atoms with Crippen molar-refractivity contribution in [1.29, 1.82) is 0 Å². The minimum atomic E-state index is 0.366. The number of fused-ring (bicyclic) bond motifs is 1. The van der Waals surface area contributed by atoms with Crippen LogP contribution in [0.1, 0.15) is 45.6 Å². The van der Waals surface area contributed by atoms with Crippen molar-refractivity contribution in [2.75, 3.05) is 11.4 Å². The van der Waals surface area contributed by atoms with Gasteiger partial charge in [0, 0.05) is 24.3 Å². The van der Waals surface area contributed by atoms with E-state index in [-0.39, 0.29) is 0 Å². The first-order valence-corrected chi connectivity index (χ1v) is 8.66. The van der Waals surface area contributed by atoms with Crippen molar-refractivity contribution >= 4 is 5.69 Å². The number of benzene rings is 1. The topological polar surface area (TPSA) is 29.3 Å². The van der Waals surface area contributed by atoms with E-state index in [4.69, 9.17) is 5.73 Å². The predicted octanol–water partition coefficient (Wildman–Crippen LogP) is 3.84. The van der Waals surface area contributed by atoms with Crippen molar-refractivity contribution in [1.82, 2.24) is 0 Å². The summed E-state index contributed by atoms with van der Waals surface area (Å²) in [7, 11) is 0. The van der Waals surface area contributed by atoms with Gasteiger partial charge in [-0.2, -0.15) is 0 Å². The molecule has 0 aromatic heterocycles. The van der Waals surface area contributed by atoms with Gasteiger partial charge < -0.3 is 10.6 Å². The number of hydrogen-bond acceptors (Lipinski definition) is 2. The van der Waals surface area contributed by atoms with Gasteiger partial charge in [-0.15, -0.1) is 0 Å². The molecule has 1 aliphatic heterocycles. The molecule has 0 spiro atoms. The summed E-state index contributed by atoms with van der Waals surface area (Å²) in [6, 6.07) is 9.94. The molecule has 1 aliphatic carbocycles. The van der Waals surface area contributed by atoms with Gasteiger partial charge in [0.25, 0.3) is 0 Å². The molecular formula is C19H30N2. The Kier molecular flexibility index (Phi) is 4.26. The fourth-order valence-electron chi connectivity index (χ4n) is 4.55. The SMILES string of the molecule is CC1CC(C)C(CN2c3ccccc3CCC2C)C(N)C1. The Bertz CT molecular complexity index is 472. The minimum absolute atomic E-state index is 0.366. The molecule has 116 valence electrons. The molecule has 21 heavy (non-hydrogen) atoms. The number of para-hydroxylation sites is 1. The van der Waals surface area contributed by atoms with E-state index in [2.05, 4.69) is 49.9 Å². The maximum Gasteiger partial charge on any atom is 0.0401 e. The van der Waals surface area contributed by atoms with Crippen LogP contribution in [0.15, 0.2) is 24.3 Å². The molecule has 0 saturated heterocycles. The average Bonchev–Trinajstić information content (AvgIpc) is 2.44. The number of rotatable bonds is 2. The molecule has 3 rings (SSSR count). The molecule has 0 amide bonds. The van der Waals surface area contributed by atoms with Gasteiger partial charge in [0.05, 0.1) is 0 Å². The van der Waals surface area contributed by atoms with Gasteiger partial charge in [-0.3, -0.25) is 0 Å². The van der Waals surface area contributed by atoms with Crippen molar-refractivity contribution in [3.8, 4) is 0 Å². The minimum Gasteiger partial charge on any atom is -0.368 e. The second kappa shape index (κ2) is 6.00. The van der Waals surface area contributed by atoms with Gasteiger partial charge in [0.1, 0.15) is 0 Å². The van der Waals surface area contributed by atoms with Gasteiger partial charge in [-0.05, 0) is 62.0 Å². The highest BCUT2D eigenvalue weighted by Crippen LogP contribution is 2.37. The fraction of sp³-hybridized carbons (Fsp3) is 0.684. The molecule has 5 unspecified atom stereocenters. The Balaban J connectivity index is 1.80. The van der Waals surface area contributed by atoms with Gasteiger partial charge in [0.15, 0.2) is 0 Å². The van der Waals surface area contributed by atoms with Crippen molar-refractivity contribution < 1.29 is 0 Å². The monoisotopic (exact) mass is 286 g/mol. The third-order valence-electron chi connectivity index (χ3n) is 5.80. The second-order valence-corrected chi connectivity index (χ2v) is 7.55. The molecule has 1 aromatic carbocycles. The first-order valence-electron chi connectivity index (χ1n) is 8.66. The third kappa shape index (κ3) is 2.96. The molecule has 1 saturated carbocycles. The van der Waals surface area contributed by atoms with Crippen LogP contribution in [0.25, 0.3) is 0 Å². The van der Waals surface area contributed by atoms with E-state index in [0.717, 1.165) is 18.4 Å². The lowest BCUT2D eigenvalue weighted by Crippen LogP contribution is -2.49. The summed E-state index contributed by atoms with van der Waals surface area (Å²) in [5, 5.41) is 0. The van der Waals surface area contributed by atoms with E-state index in [1.165, 1.54) is 36.9 Å². The molecule has 5 atom stereocenters. The lowest BCUT2D eigenvalue weighted by atomic mass is 9.72. The maximum atomic E-state index is 6.52. The van der Waals surface area contributed by atoms with E-state index < -0.39 is 0 Å². The quantitative estimate of drug-likeness (QED) is 0.895. The molecular weight excluding hydrogens is 256 g/mol. The summed E-state index contributed by atoms with van der Waals surface area (Å²) in [5.41, 5.74) is 9.48. The van der Waals surface area contributed by atoms with Gasteiger partial charge in [-0.25, -0.2) is 0 Å². The zero-order valence-electron chi connectivity index (χ0n) is 13.8. The highest BCUT2D eigenvalue weighted by molar-refractivity contribution is 5.56. The molecule has 2 nitrogen and oxygen atoms in total. The van der Waals surface area contributed by atoms with Gasteiger partial charge in [0.2, 0.25) is 0 Å². The molecule has 1 fully saturated rings. The van der Waals surface area contributed by atoms with Crippen molar-refractivity contribution in [3.63, 3.8) is 0 Å². The lowest BCUT2D eigenvalue weighted by molar-refractivity contribution is 0.174. The number of nitrogens with zero attached hydrogens (tertiary/aromatic N) is 1. The summed E-state index contributed by atoms with van der Waals surface area (Å²) in [6.45, 7) is 8.26. The zero-order valence-corrected chi connectivity index (χ0v) is 13.8. The standard InChI is InChI=1S/C19H30N2/c1-13-10-14(2)17(18(20)11-13)12-21-15(3)8-9-16-6-4-5-7-19(16)21/h4-7,13-15,17-18H,8-12,20H2,1-3H3. The van der Waals surface area contributed by atoms with E-state index in [1.54, 1.807) is 0 Å². The summed E-state index contributed by atoms with van der Waals surface area (Å²) in [5.74, 6) is 2.16. The van der Waals surface area contributed by atoms with Crippen LogP contribution in [-0.2, 0) is 6.42 Å². The van der Waals surface area contributed by atoms with Crippen LogP contribution in [0.5, 0.6) is 0 Å². The normalized spacial score (nSPS) is 36.4. The largest absolute Gasteiger partial charge is 0.368 e. The van der Waals surface area contributed by atoms with Crippen molar-refractivity contribution in [2.45, 2.75) is 58.5 Å². The smallest absolute Gasteiger partial charge is 0.0401 e. The fourth-order valence-corrected chi connectivity index (χ4v) is 4.55. The number of hydrogen-bond donors (Lipinski definition) is 1. The Morgan fingerprint density at radius 2 is 1.90 bits per heavy atom. The Hall–Kier alpha value is -1.02. The molecule has 2 N–H and O–H groups in total. The predicted molar refractivity (Wildman–Crippen MR) is 90.6 cm³/mol. The summed E-state index contributed by atoms with van der Waals surface area (Å²) >= 11 is 0. The molecule has 1 heterocycles. The Morgan fingerprint density at radius 3 is 2.67 bits per heavy atom. The number of anilines is 1. The molecule has 2 aliphatic rings. The van der Waals surface area contributed by atoms with Crippen LogP contribution in [0.4, 0.5) is 5.69 Å². The molecule has 0 radical (unpaired) electrons. The Labute approximate surface area is 129 Å². The van der Waals surface area contributed by atoms with E-state index in [9.17, 15) is 0 Å². The number of aryl methyl sites for hydroxylation is 1. The molecule has 2 heteroatoms. The highest BCUT2D eigenvalue weighted by Gasteiger charge is 2.35.